The van der Waals surface area contributed by atoms with E-state index >= 15 is 0 Å². The molecule has 5 heteroatoms. The van der Waals surface area contributed by atoms with Crippen LogP contribution in [0.1, 0.15) is 19.4 Å². The summed E-state index contributed by atoms with van der Waals surface area (Å²) >= 11 is 5.73. The number of hydrogen-bond donors (Lipinski definition) is 1. The number of halogens is 1. The van der Waals surface area contributed by atoms with Crippen molar-refractivity contribution >= 4 is 11.6 Å². The summed E-state index contributed by atoms with van der Waals surface area (Å²) in [7, 11) is 0. The molecule has 0 spiro atoms. The normalized spacial score (nSPS) is 9.50. The first kappa shape index (κ1) is 12.7. The maximum absolute atomic E-state index is 8.85. The van der Waals surface area contributed by atoms with Crippen LogP contribution in [0.25, 0.3) is 5.82 Å². The number of pyridine rings is 1. The maximum atomic E-state index is 8.85. The molecule has 2 heterocycles. The van der Waals surface area contributed by atoms with Crippen LogP contribution in [0, 0.1) is 0 Å². The van der Waals surface area contributed by atoms with E-state index in [1.807, 2.05) is 13.8 Å². The monoisotopic (exact) mass is 239 g/mol. The van der Waals surface area contributed by atoms with Crippen molar-refractivity contribution in [1.29, 1.82) is 0 Å². The molecule has 16 heavy (non-hydrogen) atoms. The lowest BCUT2D eigenvalue weighted by Gasteiger charge is -1.99. The molecule has 2 aromatic heterocycles. The first-order chi connectivity index (χ1) is 7.79. The third-order valence-electron chi connectivity index (χ3n) is 1.75. The van der Waals surface area contributed by atoms with Crippen molar-refractivity contribution in [2.24, 2.45) is 0 Å². The Morgan fingerprint density at radius 1 is 1.38 bits per heavy atom. The van der Waals surface area contributed by atoms with Gasteiger partial charge in [-0.1, -0.05) is 31.5 Å². The second kappa shape index (κ2) is 6.25. The molecule has 0 radical (unpaired) electrons. The molecule has 86 valence electrons. The summed E-state index contributed by atoms with van der Waals surface area (Å²) < 4.78 is 1.57. The minimum atomic E-state index is -0.0272. The third kappa shape index (κ3) is 3.05. The topological polar surface area (TPSA) is 50.9 Å². The van der Waals surface area contributed by atoms with Gasteiger partial charge >= 0.3 is 0 Å². The van der Waals surface area contributed by atoms with Gasteiger partial charge in [0.2, 0.25) is 0 Å². The van der Waals surface area contributed by atoms with Gasteiger partial charge in [-0.3, -0.25) is 0 Å². The van der Waals surface area contributed by atoms with Crippen LogP contribution in [0.5, 0.6) is 0 Å². The predicted octanol–water partition coefficient (Wildman–Crippen LogP) is 2.44. The van der Waals surface area contributed by atoms with Gasteiger partial charge in [0.25, 0.3) is 0 Å². The summed E-state index contributed by atoms with van der Waals surface area (Å²) in [5, 5.41) is 13.3. The van der Waals surface area contributed by atoms with Gasteiger partial charge in [0, 0.05) is 11.8 Å². The lowest BCUT2D eigenvalue weighted by atomic mass is 10.4. The minimum absolute atomic E-state index is 0.0272. The summed E-state index contributed by atoms with van der Waals surface area (Å²) in [5.74, 6) is 0.636. The summed E-state index contributed by atoms with van der Waals surface area (Å²) in [6, 6.07) is 5.28. The standard InChI is InChI=1S/C9H8ClN3O.C2H6/c10-8-2-1-3-9(12-8)13-5-7(6-14)4-11-13;1-2/h1-5,14H,6H2;1-2H3. The highest BCUT2D eigenvalue weighted by molar-refractivity contribution is 6.29. The zero-order chi connectivity index (χ0) is 12.0. The summed E-state index contributed by atoms with van der Waals surface area (Å²) in [6.07, 6.45) is 3.29. The van der Waals surface area contributed by atoms with Gasteiger partial charge in [-0.25, -0.2) is 9.67 Å². The zero-order valence-electron chi connectivity index (χ0n) is 9.26. The number of aliphatic hydroxyl groups is 1. The van der Waals surface area contributed by atoms with Crippen LogP contribution in [-0.2, 0) is 6.61 Å². The van der Waals surface area contributed by atoms with E-state index < -0.39 is 0 Å². The van der Waals surface area contributed by atoms with E-state index in [1.54, 1.807) is 35.3 Å². The largest absolute Gasteiger partial charge is 0.392 e. The second-order valence-electron chi connectivity index (χ2n) is 2.77. The Balaban J connectivity index is 0.000000606. The van der Waals surface area contributed by atoms with Crippen molar-refractivity contribution in [3.63, 3.8) is 0 Å². The van der Waals surface area contributed by atoms with Crippen LogP contribution in [0.3, 0.4) is 0 Å². The van der Waals surface area contributed by atoms with Gasteiger partial charge in [-0.05, 0) is 12.1 Å². The highest BCUT2D eigenvalue weighted by atomic mass is 35.5. The Morgan fingerprint density at radius 3 is 2.69 bits per heavy atom. The van der Waals surface area contributed by atoms with E-state index in [4.69, 9.17) is 16.7 Å². The van der Waals surface area contributed by atoms with E-state index in [9.17, 15) is 0 Å². The van der Waals surface area contributed by atoms with Crippen LogP contribution in [-0.4, -0.2) is 19.9 Å². The summed E-state index contributed by atoms with van der Waals surface area (Å²) in [5.41, 5.74) is 0.742. The van der Waals surface area contributed by atoms with Gasteiger partial charge in [-0.2, -0.15) is 5.10 Å². The minimum Gasteiger partial charge on any atom is -0.392 e. The highest BCUT2D eigenvalue weighted by Gasteiger charge is 2.01. The number of hydrogen-bond acceptors (Lipinski definition) is 3. The Morgan fingerprint density at radius 2 is 2.12 bits per heavy atom. The van der Waals surface area contributed by atoms with Crippen molar-refractivity contribution in [2.45, 2.75) is 20.5 Å². The third-order valence-corrected chi connectivity index (χ3v) is 1.96. The number of aliphatic hydroxyl groups excluding tert-OH is 1. The smallest absolute Gasteiger partial charge is 0.155 e. The van der Waals surface area contributed by atoms with Crippen molar-refractivity contribution < 1.29 is 5.11 Å². The quantitative estimate of drug-likeness (QED) is 0.819. The van der Waals surface area contributed by atoms with Crippen molar-refractivity contribution in [1.82, 2.24) is 14.8 Å². The molecule has 0 aliphatic carbocycles. The summed E-state index contributed by atoms with van der Waals surface area (Å²) in [4.78, 5) is 4.08. The van der Waals surface area contributed by atoms with Gasteiger partial charge in [0.1, 0.15) is 5.15 Å². The predicted molar refractivity (Wildman–Crippen MR) is 63.6 cm³/mol. The van der Waals surface area contributed by atoms with Gasteiger partial charge < -0.3 is 5.11 Å². The van der Waals surface area contributed by atoms with E-state index in [2.05, 4.69) is 10.1 Å². The van der Waals surface area contributed by atoms with Gasteiger partial charge in [0.15, 0.2) is 5.82 Å². The molecule has 1 N–H and O–H groups in total. The highest BCUT2D eigenvalue weighted by Crippen LogP contribution is 2.09. The van der Waals surface area contributed by atoms with Gasteiger partial charge in [0.05, 0.1) is 12.8 Å². The molecule has 0 saturated heterocycles. The molecule has 0 aromatic carbocycles. The molecular formula is C11H14ClN3O. The Labute approximate surface area is 99.5 Å². The Bertz CT molecular complexity index is 442. The molecule has 0 amide bonds. The fourth-order valence-corrected chi connectivity index (χ4v) is 1.25. The Hall–Kier alpha value is -1.39. The lowest BCUT2D eigenvalue weighted by Crippen LogP contribution is -1.97. The van der Waals surface area contributed by atoms with Crippen molar-refractivity contribution in [2.75, 3.05) is 0 Å². The van der Waals surface area contributed by atoms with Crippen LogP contribution in [0.15, 0.2) is 30.6 Å². The van der Waals surface area contributed by atoms with E-state index in [1.165, 1.54) is 0 Å². The zero-order valence-corrected chi connectivity index (χ0v) is 10.0. The average molecular weight is 240 g/mol. The summed E-state index contributed by atoms with van der Waals surface area (Å²) in [6.45, 7) is 3.97. The van der Waals surface area contributed by atoms with Crippen LogP contribution in [0.4, 0.5) is 0 Å². The average Bonchev–Trinajstić information content (AvgIpc) is 2.80. The molecule has 2 rings (SSSR count). The number of aromatic nitrogens is 3. The van der Waals surface area contributed by atoms with Crippen molar-refractivity contribution in [3.05, 3.63) is 41.3 Å². The number of rotatable bonds is 2. The molecule has 0 aliphatic rings. The molecule has 0 bridgehead atoms. The first-order valence-electron chi connectivity index (χ1n) is 5.07. The molecule has 2 aromatic rings. The van der Waals surface area contributed by atoms with Crippen LogP contribution < -0.4 is 0 Å². The van der Waals surface area contributed by atoms with E-state index in [0.29, 0.717) is 11.0 Å². The fraction of sp³-hybridized carbons (Fsp3) is 0.273. The molecule has 0 saturated carbocycles. The molecule has 0 fully saturated rings. The molecule has 4 nitrogen and oxygen atoms in total. The van der Waals surface area contributed by atoms with Crippen molar-refractivity contribution in [3.8, 4) is 5.82 Å². The molecular weight excluding hydrogens is 226 g/mol. The van der Waals surface area contributed by atoms with Crippen LogP contribution in [0.2, 0.25) is 5.15 Å². The lowest BCUT2D eigenvalue weighted by molar-refractivity contribution is 0.282. The van der Waals surface area contributed by atoms with E-state index in [0.717, 1.165) is 5.56 Å². The fourth-order valence-electron chi connectivity index (χ4n) is 1.09. The maximum Gasteiger partial charge on any atom is 0.155 e. The Kier molecular flexibility index (Phi) is 4.95. The van der Waals surface area contributed by atoms with Gasteiger partial charge in [-0.15, -0.1) is 0 Å². The second-order valence-corrected chi connectivity index (χ2v) is 3.16. The van der Waals surface area contributed by atoms with Crippen LogP contribution >= 0.6 is 11.6 Å². The molecule has 0 aliphatic heterocycles. The molecule has 0 unspecified atom stereocenters. The molecule has 0 atom stereocenters. The first-order valence-corrected chi connectivity index (χ1v) is 5.45. The van der Waals surface area contributed by atoms with E-state index in [-0.39, 0.29) is 6.61 Å². The SMILES string of the molecule is CC.OCc1cnn(-c2cccc(Cl)n2)c1. The number of nitrogens with zero attached hydrogens (tertiary/aromatic N) is 3.